The van der Waals surface area contributed by atoms with Crippen molar-refractivity contribution in [3.63, 3.8) is 0 Å². The lowest BCUT2D eigenvalue weighted by atomic mass is 10.0. The highest BCUT2D eigenvalue weighted by Gasteiger charge is 2.30. The largest absolute Gasteiger partial charge is 0.370 e. The third-order valence-corrected chi connectivity index (χ3v) is 5.15. The lowest BCUT2D eigenvalue weighted by Gasteiger charge is -2.29. The fourth-order valence-corrected chi connectivity index (χ4v) is 3.55. The van der Waals surface area contributed by atoms with Crippen LogP contribution in [0.3, 0.4) is 0 Å². The molecule has 1 aromatic carbocycles. The van der Waals surface area contributed by atoms with Crippen LogP contribution in [0, 0.1) is 0 Å². The van der Waals surface area contributed by atoms with Crippen molar-refractivity contribution in [3.05, 3.63) is 53.4 Å². The summed E-state index contributed by atoms with van der Waals surface area (Å²) in [5.74, 6) is 0.130. The molecule has 1 aromatic rings. The van der Waals surface area contributed by atoms with Crippen LogP contribution >= 0.6 is 0 Å². The van der Waals surface area contributed by atoms with Crippen LogP contribution in [0.2, 0.25) is 0 Å². The van der Waals surface area contributed by atoms with Crippen LogP contribution in [0.25, 0.3) is 0 Å². The minimum absolute atomic E-state index is 0.124. The van der Waals surface area contributed by atoms with Crippen molar-refractivity contribution >= 4 is 17.7 Å². The van der Waals surface area contributed by atoms with E-state index in [1.807, 2.05) is 18.3 Å². The highest BCUT2D eigenvalue weighted by Crippen LogP contribution is 2.26. The van der Waals surface area contributed by atoms with Gasteiger partial charge in [-0.25, -0.2) is 4.79 Å². The van der Waals surface area contributed by atoms with Crippen LogP contribution < -0.4 is 32.3 Å². The Morgan fingerprint density at radius 3 is 2.66 bits per heavy atom. The van der Waals surface area contributed by atoms with Gasteiger partial charge >= 0.3 is 6.03 Å². The van der Waals surface area contributed by atoms with Crippen molar-refractivity contribution in [2.75, 3.05) is 18.0 Å². The number of nitrogens with zero attached hydrogens (tertiary/aromatic N) is 2. The maximum atomic E-state index is 12.5. The van der Waals surface area contributed by atoms with E-state index in [0.717, 1.165) is 42.8 Å². The lowest BCUT2D eigenvalue weighted by molar-refractivity contribution is 0.243. The maximum Gasteiger partial charge on any atom is 0.327 e. The molecule has 0 aromatic heterocycles. The van der Waals surface area contributed by atoms with Gasteiger partial charge in [-0.2, -0.15) is 0 Å². The number of aliphatic imine (C=N–C) groups is 1. The zero-order valence-electron chi connectivity index (χ0n) is 17.1. The average Bonchev–Trinajstić information content (AvgIpc) is 3.12. The molecule has 156 valence electrons. The third kappa shape index (κ3) is 5.08. The van der Waals surface area contributed by atoms with E-state index in [0.29, 0.717) is 6.54 Å². The number of rotatable bonds is 9. The second kappa shape index (κ2) is 9.47. The second-order valence-corrected chi connectivity index (χ2v) is 7.22. The predicted molar refractivity (Wildman–Crippen MR) is 117 cm³/mol. The van der Waals surface area contributed by atoms with E-state index in [9.17, 15) is 4.79 Å². The van der Waals surface area contributed by atoms with Crippen LogP contribution in [0.1, 0.15) is 44.7 Å². The summed E-state index contributed by atoms with van der Waals surface area (Å²) in [6.45, 7) is 5.69. The van der Waals surface area contributed by atoms with Gasteiger partial charge in [-0.15, -0.1) is 0 Å². The van der Waals surface area contributed by atoms with E-state index >= 15 is 0 Å². The first-order valence-electron chi connectivity index (χ1n) is 10.2. The number of carbonyl (C=O) groups excluding carboxylic acids is 1. The molecular weight excluding hydrogens is 366 g/mol. The summed E-state index contributed by atoms with van der Waals surface area (Å²) in [6, 6.07) is 8.24. The summed E-state index contributed by atoms with van der Waals surface area (Å²) >= 11 is 0. The molecule has 0 saturated carbocycles. The van der Waals surface area contributed by atoms with Gasteiger partial charge in [0, 0.05) is 30.1 Å². The van der Waals surface area contributed by atoms with Crippen molar-refractivity contribution < 1.29 is 4.79 Å². The summed E-state index contributed by atoms with van der Waals surface area (Å²) in [4.78, 5) is 18.2. The molecule has 2 aliphatic heterocycles. The number of hydrogen-bond donors (Lipinski definition) is 5. The van der Waals surface area contributed by atoms with Crippen molar-refractivity contribution in [2.24, 2.45) is 16.5 Å². The first-order valence-corrected chi connectivity index (χ1v) is 10.2. The number of nitrogens with one attached hydrogen (secondary N) is 3. The highest BCUT2D eigenvalue weighted by molar-refractivity contribution is 5.96. The van der Waals surface area contributed by atoms with Crippen LogP contribution in [0.5, 0.6) is 0 Å². The van der Waals surface area contributed by atoms with Crippen LogP contribution in [0.4, 0.5) is 10.5 Å². The normalized spacial score (nSPS) is 18.9. The van der Waals surface area contributed by atoms with Crippen LogP contribution in [-0.4, -0.2) is 31.2 Å². The van der Waals surface area contributed by atoms with E-state index in [2.05, 4.69) is 53.0 Å². The number of fused-ring (bicyclic) bond motifs is 1. The Morgan fingerprint density at radius 2 is 2.00 bits per heavy atom. The minimum Gasteiger partial charge on any atom is -0.370 e. The molecule has 0 aliphatic carbocycles. The number of allylic oxidation sites excluding steroid dienone is 1. The molecule has 2 heterocycles. The number of anilines is 1. The van der Waals surface area contributed by atoms with Gasteiger partial charge in [0.05, 0.1) is 5.69 Å². The van der Waals surface area contributed by atoms with Gasteiger partial charge < -0.3 is 27.4 Å². The first-order chi connectivity index (χ1) is 14.0. The molecule has 8 nitrogen and oxygen atoms in total. The monoisotopic (exact) mass is 397 g/mol. The Balaban J connectivity index is 1.64. The molecule has 0 radical (unpaired) electrons. The number of urea groups is 1. The van der Waals surface area contributed by atoms with Gasteiger partial charge in [-0.05, 0) is 49.6 Å². The number of guanidine groups is 1. The number of nitrogens with two attached hydrogens (primary N) is 2. The number of hydrogen-bond acceptors (Lipinski definition) is 4. The van der Waals surface area contributed by atoms with E-state index in [1.54, 1.807) is 4.90 Å². The fraction of sp³-hybridized carbons (Fsp3) is 0.429. The molecule has 2 amide bonds. The van der Waals surface area contributed by atoms with Gasteiger partial charge in [0.15, 0.2) is 5.96 Å². The van der Waals surface area contributed by atoms with Crippen molar-refractivity contribution in [3.8, 4) is 0 Å². The lowest BCUT2D eigenvalue weighted by Crippen LogP contribution is -2.51. The number of benzene rings is 1. The number of carbonyl (C=O) groups is 1. The molecule has 2 unspecified atom stereocenters. The SMILES string of the molecule is CCC1=CC2=CN(c3ccc(C(CC)NCCCN=C(N)N)cc3)C(=O)NC2N1. The Morgan fingerprint density at radius 1 is 1.24 bits per heavy atom. The molecule has 2 atom stereocenters. The van der Waals surface area contributed by atoms with Crippen LogP contribution in [-0.2, 0) is 0 Å². The minimum atomic E-state index is -0.130. The average molecular weight is 398 g/mol. The molecule has 29 heavy (non-hydrogen) atoms. The summed E-state index contributed by atoms with van der Waals surface area (Å²) in [6.07, 6.45) is 6.64. The van der Waals surface area contributed by atoms with Gasteiger partial charge in [-0.3, -0.25) is 9.89 Å². The molecule has 0 saturated heterocycles. The van der Waals surface area contributed by atoms with E-state index in [1.165, 1.54) is 5.56 Å². The Bertz CT molecular complexity index is 809. The standard InChI is InChI=1S/C21H31N7O/c1-3-16-12-15-13-28(21(29)27-19(15)26-16)17-8-6-14(7-9-17)18(4-2)24-10-5-11-25-20(22)23/h6-9,12-13,18-19,24,26H,3-5,10-11H2,1-2H3,(H,27,29)(H4,22,23,25). The Kier molecular flexibility index (Phi) is 6.77. The Hall–Kier alpha value is -3.00. The quantitative estimate of drug-likeness (QED) is 0.248. The van der Waals surface area contributed by atoms with E-state index in [-0.39, 0.29) is 24.2 Å². The molecule has 2 aliphatic rings. The van der Waals surface area contributed by atoms with Gasteiger partial charge in [-0.1, -0.05) is 26.0 Å². The van der Waals surface area contributed by atoms with Gasteiger partial charge in [0.25, 0.3) is 0 Å². The van der Waals surface area contributed by atoms with Gasteiger partial charge in [0.2, 0.25) is 0 Å². The molecule has 7 N–H and O–H groups in total. The highest BCUT2D eigenvalue weighted by atomic mass is 16.2. The predicted octanol–water partition coefficient (Wildman–Crippen LogP) is 2.03. The smallest absolute Gasteiger partial charge is 0.327 e. The number of amides is 2. The zero-order chi connectivity index (χ0) is 20.8. The summed E-state index contributed by atoms with van der Waals surface area (Å²) < 4.78 is 0. The van der Waals surface area contributed by atoms with Gasteiger partial charge in [0.1, 0.15) is 6.17 Å². The second-order valence-electron chi connectivity index (χ2n) is 7.22. The van der Waals surface area contributed by atoms with E-state index < -0.39 is 0 Å². The topological polar surface area (TPSA) is 121 Å². The van der Waals surface area contributed by atoms with Crippen molar-refractivity contribution in [2.45, 2.75) is 45.3 Å². The first kappa shape index (κ1) is 20.7. The van der Waals surface area contributed by atoms with Crippen molar-refractivity contribution in [1.82, 2.24) is 16.0 Å². The Labute approximate surface area is 172 Å². The molecule has 0 fully saturated rings. The molecule has 0 bridgehead atoms. The third-order valence-electron chi connectivity index (χ3n) is 5.15. The zero-order valence-corrected chi connectivity index (χ0v) is 17.1. The molecular formula is C21H31N7O. The van der Waals surface area contributed by atoms with E-state index in [4.69, 9.17) is 11.5 Å². The van der Waals surface area contributed by atoms with Crippen molar-refractivity contribution in [1.29, 1.82) is 0 Å². The molecule has 8 heteroatoms. The maximum absolute atomic E-state index is 12.5. The molecule has 0 spiro atoms. The van der Waals surface area contributed by atoms with Crippen LogP contribution in [0.15, 0.2) is 52.8 Å². The molecule has 3 rings (SSSR count). The summed E-state index contributed by atoms with van der Waals surface area (Å²) in [5.41, 5.74) is 14.9. The fourth-order valence-electron chi connectivity index (χ4n) is 3.55. The summed E-state index contributed by atoms with van der Waals surface area (Å²) in [7, 11) is 0. The summed E-state index contributed by atoms with van der Waals surface area (Å²) in [5, 5.41) is 9.85.